The van der Waals surface area contributed by atoms with E-state index < -0.39 is 0 Å². The molecule has 0 bridgehead atoms. The van der Waals surface area contributed by atoms with Gasteiger partial charge in [0, 0.05) is 0 Å². The molecule has 1 radical (unpaired) electrons. The van der Waals surface area contributed by atoms with Crippen molar-refractivity contribution in [1.29, 1.82) is 0 Å². The van der Waals surface area contributed by atoms with Crippen molar-refractivity contribution in [2.45, 2.75) is 65.2 Å². The molecule has 0 saturated heterocycles. The molecule has 0 unspecified atom stereocenters. The Hall–Kier alpha value is -0.260. The average molecular weight is 181 g/mol. The fourth-order valence-electron chi connectivity index (χ4n) is 1.59. The first kappa shape index (κ1) is 12.7. The summed E-state index contributed by atoms with van der Waals surface area (Å²) in [6.07, 6.45) is 12.6. The summed E-state index contributed by atoms with van der Waals surface area (Å²) in [5.74, 6) is 1.71. The van der Waals surface area contributed by atoms with Gasteiger partial charge in [0.05, 0.1) is 0 Å². The van der Waals surface area contributed by atoms with Gasteiger partial charge in [0.25, 0.3) is 0 Å². The molecule has 77 valence electrons. The standard InChI is InChI=1S/C13H25/c1-4-7-9-12-13(10-6-3)11-8-5-2/h6H,3-5,7-12H2,1-2H3. The Morgan fingerprint density at radius 2 is 1.62 bits per heavy atom. The number of hydrogen-bond acceptors (Lipinski definition) is 0. The highest BCUT2D eigenvalue weighted by Crippen LogP contribution is 2.22. The summed E-state index contributed by atoms with van der Waals surface area (Å²) in [7, 11) is 0. The molecule has 0 N–H and O–H groups in total. The molecule has 0 aliphatic rings. The van der Waals surface area contributed by atoms with E-state index >= 15 is 0 Å². The van der Waals surface area contributed by atoms with Crippen LogP contribution in [0, 0.1) is 5.92 Å². The highest BCUT2D eigenvalue weighted by Gasteiger charge is 2.05. The van der Waals surface area contributed by atoms with E-state index in [-0.39, 0.29) is 0 Å². The van der Waals surface area contributed by atoms with Crippen LogP contribution in [-0.4, -0.2) is 0 Å². The summed E-state index contributed by atoms with van der Waals surface area (Å²) in [4.78, 5) is 0. The summed E-state index contributed by atoms with van der Waals surface area (Å²) in [6, 6.07) is 0. The first-order chi connectivity index (χ1) is 6.35. The van der Waals surface area contributed by atoms with Gasteiger partial charge in [-0.25, -0.2) is 0 Å². The fourth-order valence-corrected chi connectivity index (χ4v) is 1.59. The van der Waals surface area contributed by atoms with Crippen LogP contribution < -0.4 is 0 Å². The first-order valence-electron chi connectivity index (χ1n) is 5.79. The van der Waals surface area contributed by atoms with E-state index in [9.17, 15) is 0 Å². The minimum absolute atomic E-state index is 1.14. The zero-order chi connectivity index (χ0) is 9.94. The van der Waals surface area contributed by atoms with E-state index in [0.29, 0.717) is 0 Å². The van der Waals surface area contributed by atoms with Crippen LogP contribution in [0.4, 0.5) is 0 Å². The molecule has 0 aliphatic heterocycles. The Labute approximate surface area is 84.4 Å². The Morgan fingerprint density at radius 1 is 1.00 bits per heavy atom. The molecular weight excluding hydrogens is 156 g/mol. The lowest BCUT2D eigenvalue weighted by molar-refractivity contribution is 0.600. The number of allylic oxidation sites excluding steroid dienone is 1. The molecule has 0 aromatic heterocycles. The van der Waals surface area contributed by atoms with Crippen LogP contribution in [0.3, 0.4) is 0 Å². The third-order valence-electron chi connectivity index (χ3n) is 2.45. The maximum atomic E-state index is 3.82. The van der Waals surface area contributed by atoms with Crippen molar-refractivity contribution in [1.82, 2.24) is 0 Å². The molecule has 0 fully saturated rings. The number of rotatable bonds is 9. The van der Waals surface area contributed by atoms with E-state index in [1.165, 1.54) is 44.9 Å². The molecule has 0 amide bonds. The Bertz CT molecular complexity index is 105. The molecule has 0 aromatic rings. The Balaban J connectivity index is 3.47. The van der Waals surface area contributed by atoms with Gasteiger partial charge in [0.2, 0.25) is 0 Å². The van der Waals surface area contributed by atoms with Crippen molar-refractivity contribution >= 4 is 0 Å². The van der Waals surface area contributed by atoms with Gasteiger partial charge in [-0.2, -0.15) is 0 Å². The molecule has 0 heterocycles. The van der Waals surface area contributed by atoms with Crippen LogP contribution in [-0.2, 0) is 0 Å². The highest BCUT2D eigenvalue weighted by atomic mass is 14.1. The first-order valence-corrected chi connectivity index (χ1v) is 5.79. The van der Waals surface area contributed by atoms with Crippen molar-refractivity contribution in [3.63, 3.8) is 0 Å². The Morgan fingerprint density at radius 3 is 2.15 bits per heavy atom. The average Bonchev–Trinajstić information content (AvgIpc) is 2.14. The summed E-state index contributed by atoms with van der Waals surface area (Å²) < 4.78 is 0. The third-order valence-corrected chi connectivity index (χ3v) is 2.45. The molecule has 0 aromatic carbocycles. The lowest BCUT2D eigenvalue weighted by atomic mass is 9.93. The summed E-state index contributed by atoms with van der Waals surface area (Å²) in [6.45, 7) is 8.34. The predicted molar refractivity (Wildman–Crippen MR) is 61.7 cm³/mol. The van der Waals surface area contributed by atoms with E-state index in [2.05, 4.69) is 26.5 Å². The van der Waals surface area contributed by atoms with Gasteiger partial charge in [-0.05, 0) is 25.2 Å². The highest BCUT2D eigenvalue weighted by molar-refractivity contribution is 4.95. The molecular formula is C13H25. The van der Waals surface area contributed by atoms with Gasteiger partial charge >= 0.3 is 0 Å². The van der Waals surface area contributed by atoms with Gasteiger partial charge < -0.3 is 0 Å². The summed E-state index contributed by atoms with van der Waals surface area (Å²) in [5, 5.41) is 0. The molecule has 0 atom stereocenters. The minimum atomic E-state index is 1.14. The van der Waals surface area contributed by atoms with Gasteiger partial charge in [-0.1, -0.05) is 52.0 Å². The zero-order valence-electron chi connectivity index (χ0n) is 9.44. The van der Waals surface area contributed by atoms with Crippen LogP contribution >= 0.6 is 0 Å². The SMILES string of the molecule is C=CC[C](CCCC)CCCCC. The van der Waals surface area contributed by atoms with Gasteiger partial charge in [-0.15, -0.1) is 6.58 Å². The van der Waals surface area contributed by atoms with Crippen LogP contribution in [0.15, 0.2) is 12.7 Å². The van der Waals surface area contributed by atoms with Crippen molar-refractivity contribution in [3.8, 4) is 0 Å². The maximum absolute atomic E-state index is 3.82. The quantitative estimate of drug-likeness (QED) is 0.350. The van der Waals surface area contributed by atoms with E-state index in [0.717, 1.165) is 6.42 Å². The molecule has 0 rings (SSSR count). The monoisotopic (exact) mass is 181 g/mol. The lowest BCUT2D eigenvalue weighted by Gasteiger charge is -2.13. The van der Waals surface area contributed by atoms with Crippen molar-refractivity contribution in [2.24, 2.45) is 0 Å². The second-order valence-corrected chi connectivity index (χ2v) is 3.80. The second-order valence-electron chi connectivity index (χ2n) is 3.80. The number of unbranched alkanes of at least 4 members (excludes halogenated alkanes) is 3. The topological polar surface area (TPSA) is 0 Å². The predicted octanol–water partition coefficient (Wildman–Crippen LogP) is 4.91. The molecule has 13 heavy (non-hydrogen) atoms. The molecule has 0 nitrogen and oxygen atoms in total. The van der Waals surface area contributed by atoms with E-state index in [4.69, 9.17) is 0 Å². The zero-order valence-corrected chi connectivity index (χ0v) is 9.44. The summed E-state index contributed by atoms with van der Waals surface area (Å²) >= 11 is 0. The summed E-state index contributed by atoms with van der Waals surface area (Å²) in [5.41, 5.74) is 0. The van der Waals surface area contributed by atoms with E-state index in [1.807, 2.05) is 0 Å². The molecule has 0 spiro atoms. The van der Waals surface area contributed by atoms with Crippen LogP contribution in [0.25, 0.3) is 0 Å². The Kier molecular flexibility index (Phi) is 9.63. The van der Waals surface area contributed by atoms with Gasteiger partial charge in [0.1, 0.15) is 0 Å². The van der Waals surface area contributed by atoms with Crippen molar-refractivity contribution in [3.05, 3.63) is 18.6 Å². The molecule has 0 saturated carbocycles. The largest absolute Gasteiger partial charge is 0.103 e. The molecule has 0 aliphatic carbocycles. The van der Waals surface area contributed by atoms with Gasteiger partial charge in [-0.3, -0.25) is 0 Å². The van der Waals surface area contributed by atoms with Crippen LogP contribution in [0.2, 0.25) is 0 Å². The van der Waals surface area contributed by atoms with Crippen molar-refractivity contribution in [2.75, 3.05) is 0 Å². The number of hydrogen-bond donors (Lipinski definition) is 0. The fraction of sp³-hybridized carbons (Fsp3) is 0.769. The van der Waals surface area contributed by atoms with Crippen LogP contribution in [0.1, 0.15) is 65.2 Å². The van der Waals surface area contributed by atoms with E-state index in [1.54, 1.807) is 5.92 Å². The molecule has 0 heteroatoms. The van der Waals surface area contributed by atoms with Crippen molar-refractivity contribution < 1.29 is 0 Å². The lowest BCUT2D eigenvalue weighted by Crippen LogP contribution is -1.96. The van der Waals surface area contributed by atoms with Gasteiger partial charge in [0.15, 0.2) is 0 Å². The second kappa shape index (κ2) is 9.83. The normalized spacial score (nSPS) is 10.7. The maximum Gasteiger partial charge on any atom is -0.0204 e. The minimum Gasteiger partial charge on any atom is -0.103 e. The smallest absolute Gasteiger partial charge is 0.0204 e. The van der Waals surface area contributed by atoms with Crippen LogP contribution in [0.5, 0.6) is 0 Å². The third kappa shape index (κ3) is 8.08.